The fourth-order valence-electron chi connectivity index (χ4n) is 14.2. The summed E-state index contributed by atoms with van der Waals surface area (Å²) in [4.78, 5) is 24.6. The van der Waals surface area contributed by atoms with Crippen molar-refractivity contribution in [2.45, 2.75) is 99.1 Å². The van der Waals surface area contributed by atoms with Gasteiger partial charge in [-0.05, 0) is 187 Å². The van der Waals surface area contributed by atoms with Crippen molar-refractivity contribution in [2.75, 3.05) is 0 Å². The van der Waals surface area contributed by atoms with Crippen molar-refractivity contribution in [1.82, 2.24) is 0 Å². The second-order valence-electron chi connectivity index (χ2n) is 31.2. The SMILES string of the molecule is O=C([O-])c1cc(OCc2cc(OCc3cc(OCc4cc(OCc5ccccc5)cc(OCc5ccccc5)c4)cc(OCc4cc(OCc5ccccc5)cc(OCc5ccccc5)c4)c3)cc(OCc3cc(OCc4cc(OCc5ccccc5)cc(OCc5ccccc5)c4)cc(OCc4cc(OCc5ccccc5)cc(OCc5ccccc5)c4)c3)c2)cc(C(=O)[O-])c1.[Na+].[Na+]. The number of hydrogen-bond acceptors (Lipinski definition) is 19. The van der Waals surface area contributed by atoms with Crippen molar-refractivity contribution in [1.29, 1.82) is 0 Å². The van der Waals surface area contributed by atoms with Crippen LogP contribution in [0.15, 0.2) is 388 Å². The summed E-state index contributed by atoms with van der Waals surface area (Å²) >= 11 is 0. The van der Waals surface area contributed by atoms with Gasteiger partial charge >= 0.3 is 59.1 Å². The molecule has 0 saturated heterocycles. The number of aromatic carboxylic acids is 2. The van der Waals surface area contributed by atoms with Crippen LogP contribution >= 0.6 is 0 Å². The van der Waals surface area contributed by atoms with Crippen LogP contribution in [0.5, 0.6) is 86.2 Å². The third-order valence-corrected chi connectivity index (χ3v) is 20.8. The van der Waals surface area contributed by atoms with E-state index in [4.69, 9.17) is 71.1 Å². The van der Waals surface area contributed by atoms with Crippen LogP contribution in [0.25, 0.3) is 0 Å². The first-order valence-electron chi connectivity index (χ1n) is 43.2. The number of rotatable bonds is 47. The van der Waals surface area contributed by atoms with Crippen molar-refractivity contribution >= 4 is 11.9 Å². The summed E-state index contributed by atoms with van der Waals surface area (Å²) in [6.45, 7) is 2.50. The molecule has 0 heterocycles. The van der Waals surface area contributed by atoms with Crippen LogP contribution in [-0.4, -0.2) is 11.9 Å². The van der Waals surface area contributed by atoms with Crippen molar-refractivity contribution < 1.29 is 150 Å². The second-order valence-corrected chi connectivity index (χ2v) is 31.2. The van der Waals surface area contributed by atoms with E-state index in [1.165, 1.54) is 12.1 Å². The minimum absolute atomic E-state index is 0. The van der Waals surface area contributed by atoms with Crippen LogP contribution < -0.4 is 140 Å². The summed E-state index contributed by atoms with van der Waals surface area (Å²) in [7, 11) is 0. The van der Waals surface area contributed by atoms with Crippen LogP contribution in [0.2, 0.25) is 0 Å². The summed E-state index contributed by atoms with van der Waals surface area (Å²) in [5, 5.41) is 24.6. The maximum Gasteiger partial charge on any atom is 1.00 e. The normalized spacial score (nSPS) is 10.7. The number of carbonyl (C=O) groups excluding carboxylic acids is 2. The molecule has 662 valence electrons. The Morgan fingerprint density at radius 2 is 0.246 bits per heavy atom. The molecule has 0 saturated carbocycles. The Morgan fingerprint density at radius 3 is 0.358 bits per heavy atom. The Hall–Kier alpha value is -14.5. The van der Waals surface area contributed by atoms with Crippen LogP contribution in [0.4, 0.5) is 0 Å². The quantitative estimate of drug-likeness (QED) is 0.0324. The minimum atomic E-state index is -1.61. The minimum Gasteiger partial charge on any atom is -0.545 e. The molecular formula is C113H94Na2O19. The predicted octanol–water partition coefficient (Wildman–Crippen LogP) is 16.1. The third-order valence-electron chi connectivity index (χ3n) is 20.8. The molecule has 134 heavy (non-hydrogen) atoms. The molecule has 16 rings (SSSR count). The summed E-state index contributed by atoms with van der Waals surface area (Å²) in [6.07, 6.45) is 0. The molecular weight excluding hydrogens is 1710 g/mol. The van der Waals surface area contributed by atoms with E-state index >= 15 is 0 Å². The summed E-state index contributed by atoms with van der Waals surface area (Å²) in [5.41, 5.74) is 11.9. The number of carboxylic acid groups (broad SMARTS) is 2. The molecule has 0 amide bonds. The van der Waals surface area contributed by atoms with Gasteiger partial charge in [0, 0.05) is 53.6 Å². The zero-order valence-corrected chi connectivity index (χ0v) is 78.3. The van der Waals surface area contributed by atoms with Gasteiger partial charge in [-0.3, -0.25) is 0 Å². The Balaban J connectivity index is 0.00000720. The maximum absolute atomic E-state index is 12.3. The van der Waals surface area contributed by atoms with Gasteiger partial charge in [-0.15, -0.1) is 0 Å². The molecule has 0 aliphatic rings. The first-order chi connectivity index (χ1) is 64.9. The summed E-state index contributed by atoms with van der Waals surface area (Å²) < 4.78 is 98.5. The smallest absolute Gasteiger partial charge is 0.545 e. The van der Waals surface area contributed by atoms with E-state index in [0.717, 1.165) is 72.8 Å². The van der Waals surface area contributed by atoms with E-state index in [-0.39, 0.29) is 111 Å². The summed E-state index contributed by atoms with van der Waals surface area (Å²) in [6, 6.07) is 122. The standard InChI is InChI=1S/C113H96O19.2Na/c114-112(115)95-55-96(113(116)117)57-111(56-95)132-79-94-53-109(130-77-92-49-105(126-73-88-41-97(118-65-80-25-9-1-10-26-80)58-98(42-88)119-66-81-27-11-2-12-28-81)62-106(50-92)127-74-89-43-99(120-67-82-29-13-3-14-30-82)59-100(44-89)121-68-83-31-15-4-16-32-83)64-110(54-94)131-78-93-51-107(128-75-90-45-101(122-69-84-33-17-5-18-34-84)60-102(46-90)123-70-85-35-19-6-20-36-85)63-108(52-93)129-76-91-47-103(124-71-86-37-21-7-22-38-86)61-104(48-91)125-72-87-39-23-8-24-40-87;;/h1-64H,65-79H2,(H,114,115)(H,116,117);;/q;2*+1/p-2. The largest absolute Gasteiger partial charge is 1.00 e. The zero-order chi connectivity index (χ0) is 90.1. The van der Waals surface area contributed by atoms with Gasteiger partial charge in [0.1, 0.15) is 185 Å². The van der Waals surface area contributed by atoms with E-state index in [1.807, 2.05) is 352 Å². The molecule has 0 spiro atoms. The van der Waals surface area contributed by atoms with Crippen molar-refractivity contribution in [3.63, 3.8) is 0 Å². The molecule has 0 aromatic heterocycles. The Kier molecular flexibility index (Phi) is 35.4. The van der Waals surface area contributed by atoms with Gasteiger partial charge in [-0.1, -0.05) is 243 Å². The van der Waals surface area contributed by atoms with Crippen molar-refractivity contribution in [2.24, 2.45) is 0 Å². The average Bonchev–Trinajstić information content (AvgIpc) is 0.860. The van der Waals surface area contributed by atoms with Gasteiger partial charge in [0.05, 0.1) is 11.9 Å². The third kappa shape index (κ3) is 30.5. The molecule has 0 atom stereocenters. The van der Waals surface area contributed by atoms with Gasteiger partial charge in [0.2, 0.25) is 0 Å². The molecule has 16 aromatic rings. The van der Waals surface area contributed by atoms with Gasteiger partial charge < -0.3 is 90.9 Å². The molecule has 0 radical (unpaired) electrons. The van der Waals surface area contributed by atoms with Gasteiger partial charge in [-0.2, -0.15) is 0 Å². The fourth-order valence-corrected chi connectivity index (χ4v) is 14.2. The average molecular weight is 1800 g/mol. The number of carbonyl (C=O) groups is 2. The monoisotopic (exact) mass is 1800 g/mol. The van der Waals surface area contributed by atoms with Crippen molar-refractivity contribution in [3.05, 3.63) is 483 Å². The van der Waals surface area contributed by atoms with Gasteiger partial charge in [-0.25, -0.2) is 0 Å². The molecule has 0 fully saturated rings. The Bertz CT molecular complexity index is 5490. The topological polar surface area (TPSA) is 219 Å². The summed E-state index contributed by atoms with van der Waals surface area (Å²) in [5.74, 6) is 3.76. The maximum atomic E-state index is 12.3. The van der Waals surface area contributed by atoms with Crippen LogP contribution in [0, 0.1) is 0 Å². The molecule has 19 nitrogen and oxygen atoms in total. The number of benzene rings is 16. The number of hydrogen-bond donors (Lipinski definition) is 0. The van der Waals surface area contributed by atoms with Crippen molar-refractivity contribution in [3.8, 4) is 86.2 Å². The molecule has 0 N–H and O–H groups in total. The van der Waals surface area contributed by atoms with E-state index in [0.29, 0.717) is 150 Å². The molecule has 16 aromatic carbocycles. The van der Waals surface area contributed by atoms with E-state index in [2.05, 4.69) is 0 Å². The zero-order valence-electron chi connectivity index (χ0n) is 74.3. The van der Waals surface area contributed by atoms with E-state index < -0.39 is 23.1 Å². The molecule has 0 unspecified atom stereocenters. The number of ether oxygens (including phenoxy) is 15. The Morgan fingerprint density at radius 1 is 0.142 bits per heavy atom. The fraction of sp³-hybridized carbons (Fsp3) is 0.133. The van der Waals surface area contributed by atoms with Gasteiger partial charge in [0.25, 0.3) is 0 Å². The van der Waals surface area contributed by atoms with E-state index in [9.17, 15) is 19.8 Å². The number of carboxylic acids is 2. The molecule has 0 aliphatic heterocycles. The second kappa shape index (κ2) is 49.6. The van der Waals surface area contributed by atoms with E-state index in [1.54, 1.807) is 18.2 Å². The molecule has 0 aliphatic carbocycles. The van der Waals surface area contributed by atoms with Crippen LogP contribution in [0.3, 0.4) is 0 Å². The van der Waals surface area contributed by atoms with Crippen LogP contribution in [0.1, 0.15) is 104 Å². The first kappa shape index (κ1) is 95.5. The van der Waals surface area contributed by atoms with Crippen LogP contribution in [-0.2, 0) is 99.1 Å². The van der Waals surface area contributed by atoms with Gasteiger partial charge in [0.15, 0.2) is 0 Å². The first-order valence-corrected chi connectivity index (χ1v) is 43.2. The molecule has 0 bridgehead atoms. The molecule has 21 heteroatoms. The Labute approximate surface area is 823 Å². The predicted molar refractivity (Wildman–Crippen MR) is 497 cm³/mol.